The highest BCUT2D eigenvalue weighted by Crippen LogP contribution is 2.24. The van der Waals surface area contributed by atoms with E-state index >= 15 is 0 Å². The van der Waals surface area contributed by atoms with Gasteiger partial charge in [-0.1, -0.05) is 48.0 Å². The van der Waals surface area contributed by atoms with Gasteiger partial charge in [0, 0.05) is 25.7 Å². The molecule has 0 aliphatic heterocycles. The third-order valence-electron chi connectivity index (χ3n) is 5.56. The van der Waals surface area contributed by atoms with Gasteiger partial charge in [0.05, 0.1) is 6.61 Å². The number of urea groups is 1. The summed E-state index contributed by atoms with van der Waals surface area (Å²) >= 11 is 0. The van der Waals surface area contributed by atoms with Gasteiger partial charge in [-0.15, -0.1) is 0 Å². The monoisotopic (exact) mass is 476 g/mol. The third-order valence-corrected chi connectivity index (χ3v) is 5.56. The van der Waals surface area contributed by atoms with Crippen LogP contribution in [0.1, 0.15) is 24.5 Å². The van der Waals surface area contributed by atoms with Gasteiger partial charge in [0.25, 0.3) is 0 Å². The highest BCUT2D eigenvalue weighted by molar-refractivity contribution is 5.89. The van der Waals surface area contributed by atoms with Gasteiger partial charge >= 0.3 is 12.0 Å². The fourth-order valence-corrected chi connectivity index (χ4v) is 3.45. The molecular weight excluding hydrogens is 444 g/mol. The summed E-state index contributed by atoms with van der Waals surface area (Å²) in [6.07, 6.45) is 0.875. The quantitative estimate of drug-likeness (QED) is 0.362. The Hall–Kier alpha value is -4.00. The fraction of sp³-hybridized carbons (Fsp3) is 0.286. The van der Waals surface area contributed by atoms with Crippen molar-refractivity contribution < 1.29 is 24.2 Å². The summed E-state index contributed by atoms with van der Waals surface area (Å²) in [4.78, 5) is 25.8. The normalized spacial score (nSPS) is 12.3. The van der Waals surface area contributed by atoms with Crippen LogP contribution in [0.25, 0.3) is 0 Å². The molecule has 0 saturated carbocycles. The molecule has 0 aliphatic rings. The molecule has 0 saturated heterocycles. The van der Waals surface area contributed by atoms with Crippen molar-refractivity contribution >= 4 is 17.7 Å². The molecule has 0 aromatic heterocycles. The number of carboxylic acid groups (broad SMARTS) is 1. The second kappa shape index (κ2) is 11.9. The molecule has 7 heteroatoms. The molecule has 0 spiro atoms. The Morgan fingerprint density at radius 2 is 1.60 bits per heavy atom. The van der Waals surface area contributed by atoms with E-state index in [1.54, 1.807) is 43.1 Å². The number of carbonyl (C=O) groups excluding carboxylic acids is 1. The number of anilines is 1. The van der Waals surface area contributed by atoms with Gasteiger partial charge in [0.2, 0.25) is 5.60 Å². The fourth-order valence-electron chi connectivity index (χ4n) is 3.45. The predicted molar refractivity (Wildman–Crippen MR) is 136 cm³/mol. The van der Waals surface area contributed by atoms with Crippen LogP contribution in [-0.4, -0.2) is 47.8 Å². The average Bonchev–Trinajstić information content (AvgIpc) is 2.84. The lowest BCUT2D eigenvalue weighted by Gasteiger charge is -2.26. The number of aryl methyl sites for hydroxylation is 1. The zero-order valence-corrected chi connectivity index (χ0v) is 20.4. The van der Waals surface area contributed by atoms with Crippen LogP contribution < -0.4 is 14.8 Å². The van der Waals surface area contributed by atoms with Crippen LogP contribution in [0, 0.1) is 6.92 Å². The zero-order valence-electron chi connectivity index (χ0n) is 20.4. The Balaban J connectivity index is 1.44. The van der Waals surface area contributed by atoms with Crippen LogP contribution in [-0.2, 0) is 11.2 Å². The van der Waals surface area contributed by atoms with Crippen molar-refractivity contribution in [3.8, 4) is 11.5 Å². The molecular formula is C28H32N2O5. The number of benzene rings is 3. The molecule has 184 valence electrons. The first kappa shape index (κ1) is 25.6. The lowest BCUT2D eigenvalue weighted by Crippen LogP contribution is -2.43. The number of carbonyl (C=O) groups is 2. The second-order valence-corrected chi connectivity index (χ2v) is 8.69. The Labute approximate surface area is 206 Å². The Morgan fingerprint density at radius 1 is 0.943 bits per heavy atom. The Kier molecular flexibility index (Phi) is 8.73. The minimum absolute atomic E-state index is 0.169. The van der Waals surface area contributed by atoms with Crippen molar-refractivity contribution in [3.05, 3.63) is 90.0 Å². The van der Waals surface area contributed by atoms with E-state index in [4.69, 9.17) is 9.47 Å². The van der Waals surface area contributed by atoms with Crippen LogP contribution in [0.15, 0.2) is 78.9 Å². The molecule has 3 aromatic rings. The van der Waals surface area contributed by atoms with E-state index in [0.29, 0.717) is 31.1 Å². The summed E-state index contributed by atoms with van der Waals surface area (Å²) in [5, 5.41) is 12.6. The highest BCUT2D eigenvalue weighted by Gasteiger charge is 2.36. The van der Waals surface area contributed by atoms with Crippen molar-refractivity contribution in [2.45, 2.75) is 32.3 Å². The smallest absolute Gasteiger partial charge is 0.348 e. The van der Waals surface area contributed by atoms with E-state index in [-0.39, 0.29) is 12.5 Å². The molecule has 35 heavy (non-hydrogen) atoms. The van der Waals surface area contributed by atoms with Crippen LogP contribution in [0.2, 0.25) is 0 Å². The standard InChI is InChI=1S/C28H32N2O5/c1-21-10-14-23(15-11-21)29-27(33)30(3)18-7-19-34-24-16-12-22(13-17-24)20-28(2,26(31)32)35-25-8-5-4-6-9-25/h4-6,8-17H,7,18-20H2,1-3H3,(H,29,33)(H,31,32). The molecule has 0 bridgehead atoms. The minimum Gasteiger partial charge on any atom is -0.494 e. The number of amides is 2. The number of rotatable bonds is 11. The summed E-state index contributed by atoms with van der Waals surface area (Å²) in [7, 11) is 1.75. The van der Waals surface area contributed by atoms with Crippen molar-refractivity contribution in [1.82, 2.24) is 4.90 Å². The van der Waals surface area contributed by atoms with E-state index in [0.717, 1.165) is 16.8 Å². The van der Waals surface area contributed by atoms with Crippen LogP contribution in [0.4, 0.5) is 10.5 Å². The molecule has 3 aromatic carbocycles. The average molecular weight is 477 g/mol. The molecule has 1 unspecified atom stereocenters. The number of nitrogens with one attached hydrogen (secondary N) is 1. The maximum Gasteiger partial charge on any atom is 0.348 e. The van der Waals surface area contributed by atoms with Gasteiger partial charge in [-0.05, 0) is 62.2 Å². The van der Waals surface area contributed by atoms with Gasteiger partial charge in [0.15, 0.2) is 0 Å². The van der Waals surface area contributed by atoms with Gasteiger partial charge in [-0.25, -0.2) is 9.59 Å². The number of hydrogen-bond acceptors (Lipinski definition) is 4. The lowest BCUT2D eigenvalue weighted by atomic mass is 9.96. The predicted octanol–water partition coefficient (Wildman–Crippen LogP) is 5.39. The van der Waals surface area contributed by atoms with Crippen molar-refractivity contribution in [3.63, 3.8) is 0 Å². The van der Waals surface area contributed by atoms with Gasteiger partial charge in [0.1, 0.15) is 11.5 Å². The SMILES string of the molecule is Cc1ccc(NC(=O)N(C)CCCOc2ccc(CC(C)(Oc3ccccc3)C(=O)O)cc2)cc1. The largest absolute Gasteiger partial charge is 0.494 e. The number of aliphatic carboxylic acids is 1. The number of para-hydroxylation sites is 1. The third kappa shape index (κ3) is 7.78. The lowest BCUT2D eigenvalue weighted by molar-refractivity contribution is -0.153. The van der Waals surface area contributed by atoms with Crippen LogP contribution in [0.5, 0.6) is 11.5 Å². The first-order valence-electron chi connectivity index (χ1n) is 11.5. The minimum atomic E-state index is -1.40. The molecule has 1 atom stereocenters. The van der Waals surface area contributed by atoms with Gasteiger partial charge in [-0.2, -0.15) is 0 Å². The molecule has 2 N–H and O–H groups in total. The Morgan fingerprint density at radius 3 is 2.23 bits per heavy atom. The molecule has 0 aliphatic carbocycles. The Bertz CT molecular complexity index is 1100. The van der Waals surface area contributed by atoms with E-state index in [2.05, 4.69) is 5.32 Å². The second-order valence-electron chi connectivity index (χ2n) is 8.69. The van der Waals surface area contributed by atoms with Crippen LogP contribution >= 0.6 is 0 Å². The van der Waals surface area contributed by atoms with Crippen molar-refractivity contribution in [2.24, 2.45) is 0 Å². The molecule has 3 rings (SSSR count). The summed E-state index contributed by atoms with van der Waals surface area (Å²) in [6.45, 7) is 4.56. The maximum atomic E-state index is 12.3. The number of carboxylic acids is 1. The summed E-state index contributed by atoms with van der Waals surface area (Å²) in [6, 6.07) is 23.7. The molecule has 0 radical (unpaired) electrons. The molecule has 2 amide bonds. The maximum absolute atomic E-state index is 12.3. The zero-order chi connectivity index (χ0) is 25.3. The summed E-state index contributed by atoms with van der Waals surface area (Å²) in [5.74, 6) is 0.161. The molecule has 0 heterocycles. The van der Waals surface area contributed by atoms with Gasteiger partial charge in [-0.3, -0.25) is 0 Å². The highest BCUT2D eigenvalue weighted by atomic mass is 16.5. The van der Waals surface area contributed by atoms with E-state index in [1.165, 1.54) is 0 Å². The topological polar surface area (TPSA) is 88.1 Å². The first-order valence-corrected chi connectivity index (χ1v) is 11.5. The van der Waals surface area contributed by atoms with Crippen LogP contribution in [0.3, 0.4) is 0 Å². The summed E-state index contributed by atoms with van der Waals surface area (Å²) in [5.41, 5.74) is 1.33. The van der Waals surface area contributed by atoms with E-state index in [9.17, 15) is 14.7 Å². The van der Waals surface area contributed by atoms with E-state index in [1.807, 2.05) is 61.5 Å². The number of nitrogens with zero attached hydrogens (tertiary/aromatic N) is 1. The number of hydrogen-bond donors (Lipinski definition) is 2. The van der Waals surface area contributed by atoms with Crippen molar-refractivity contribution in [1.29, 1.82) is 0 Å². The van der Waals surface area contributed by atoms with E-state index < -0.39 is 11.6 Å². The number of ether oxygens (including phenoxy) is 2. The van der Waals surface area contributed by atoms with Crippen molar-refractivity contribution in [2.75, 3.05) is 25.5 Å². The van der Waals surface area contributed by atoms with Gasteiger partial charge < -0.3 is 24.8 Å². The first-order chi connectivity index (χ1) is 16.7. The molecule has 7 nitrogen and oxygen atoms in total. The summed E-state index contributed by atoms with van der Waals surface area (Å²) < 4.78 is 11.6. The molecule has 0 fully saturated rings.